The number of nitrogens with zero attached hydrogens (tertiary/aromatic N) is 1. The zero-order chi connectivity index (χ0) is 15.3. The monoisotopic (exact) mass is 303 g/mol. The van der Waals surface area contributed by atoms with Gasteiger partial charge in [0.1, 0.15) is 0 Å². The quantitative estimate of drug-likeness (QED) is 0.718. The second-order valence-corrected chi connectivity index (χ2v) is 5.72. The van der Waals surface area contributed by atoms with Crippen LogP contribution in [0.25, 0.3) is 0 Å². The van der Waals surface area contributed by atoms with E-state index in [1.807, 2.05) is 0 Å². The van der Waals surface area contributed by atoms with Gasteiger partial charge in [-0.2, -0.15) is 13.2 Å². The van der Waals surface area contributed by atoms with Crippen LogP contribution in [0, 0.1) is 11.3 Å². The highest BCUT2D eigenvalue weighted by Crippen LogP contribution is 2.65. The summed E-state index contributed by atoms with van der Waals surface area (Å²) < 4.78 is 76.9. The lowest BCUT2D eigenvalue weighted by molar-refractivity contribution is -0.191. The molecule has 0 aromatic rings. The van der Waals surface area contributed by atoms with Gasteiger partial charge in [-0.05, 0) is 12.8 Å². The molecule has 0 aromatic carbocycles. The molecule has 2 fully saturated rings. The Bertz CT molecular complexity index is 399. The molecule has 0 aromatic heterocycles. The topological polar surface area (TPSA) is 20.3 Å². The Labute approximate surface area is 112 Å². The van der Waals surface area contributed by atoms with Crippen molar-refractivity contribution in [2.24, 2.45) is 11.3 Å². The highest BCUT2D eigenvalue weighted by atomic mass is 19.4. The number of carbonyl (C=O) groups is 1. The predicted octanol–water partition coefficient (Wildman–Crippen LogP) is 3.17. The molecule has 116 valence electrons. The third kappa shape index (κ3) is 2.48. The number of likely N-dealkylation sites (tertiary alicyclic amines) is 1. The number of hydrogen-bond donors (Lipinski definition) is 0. The first-order valence-corrected chi connectivity index (χ1v) is 6.38. The molecule has 1 aliphatic carbocycles. The second kappa shape index (κ2) is 4.53. The van der Waals surface area contributed by atoms with Crippen LogP contribution in [0.2, 0.25) is 0 Å². The predicted molar refractivity (Wildman–Crippen MR) is 57.9 cm³/mol. The molecule has 1 heterocycles. The van der Waals surface area contributed by atoms with Crippen LogP contribution in [0.1, 0.15) is 26.2 Å². The summed E-state index contributed by atoms with van der Waals surface area (Å²) >= 11 is 0. The van der Waals surface area contributed by atoms with Crippen molar-refractivity contribution in [1.82, 2.24) is 4.90 Å². The van der Waals surface area contributed by atoms with Gasteiger partial charge < -0.3 is 4.90 Å². The molecule has 1 saturated carbocycles. The molecule has 1 saturated heterocycles. The van der Waals surface area contributed by atoms with E-state index in [4.69, 9.17) is 0 Å². The smallest absolute Gasteiger partial charge is 0.340 e. The molecule has 2 atom stereocenters. The molecular formula is C12H15F6NO. The first-order chi connectivity index (χ1) is 9.00. The fourth-order valence-electron chi connectivity index (χ4n) is 2.63. The molecule has 2 rings (SSSR count). The van der Waals surface area contributed by atoms with Crippen LogP contribution < -0.4 is 0 Å². The van der Waals surface area contributed by atoms with E-state index in [9.17, 15) is 31.1 Å². The standard InChI is InChI=1S/C12H15F6NO/c1-7(12(16,17)18)8(13)9(20)19-4-2-10(3-5-19)6-11(10,14)15/h7-8H,2-6H2,1H3. The van der Waals surface area contributed by atoms with E-state index in [0.717, 1.165) is 4.90 Å². The number of carbonyl (C=O) groups excluding carboxylic acids is 1. The normalized spacial score (nSPS) is 27.2. The first kappa shape index (κ1) is 15.4. The molecule has 0 radical (unpaired) electrons. The van der Waals surface area contributed by atoms with Crippen molar-refractivity contribution in [2.75, 3.05) is 13.1 Å². The molecule has 2 aliphatic rings. The summed E-state index contributed by atoms with van der Waals surface area (Å²) in [7, 11) is 0. The Balaban J connectivity index is 1.92. The number of amides is 1. The van der Waals surface area contributed by atoms with Gasteiger partial charge in [-0.25, -0.2) is 13.2 Å². The van der Waals surface area contributed by atoms with Crippen molar-refractivity contribution in [1.29, 1.82) is 0 Å². The number of piperidine rings is 1. The third-order valence-corrected chi connectivity index (χ3v) is 4.43. The van der Waals surface area contributed by atoms with E-state index in [-0.39, 0.29) is 32.4 Å². The van der Waals surface area contributed by atoms with Crippen LogP contribution in [-0.2, 0) is 4.79 Å². The summed E-state index contributed by atoms with van der Waals surface area (Å²) in [5.74, 6) is -6.40. The molecule has 1 spiro atoms. The van der Waals surface area contributed by atoms with Gasteiger partial charge in [0, 0.05) is 24.9 Å². The van der Waals surface area contributed by atoms with Crippen molar-refractivity contribution in [3.63, 3.8) is 0 Å². The van der Waals surface area contributed by atoms with Crippen LogP contribution in [0.3, 0.4) is 0 Å². The maximum Gasteiger partial charge on any atom is 0.394 e. The van der Waals surface area contributed by atoms with Crippen LogP contribution in [0.5, 0.6) is 0 Å². The largest absolute Gasteiger partial charge is 0.394 e. The number of rotatable bonds is 2. The fraction of sp³-hybridized carbons (Fsp3) is 0.917. The van der Waals surface area contributed by atoms with Gasteiger partial charge in [-0.1, -0.05) is 6.92 Å². The molecule has 8 heteroatoms. The Morgan fingerprint density at radius 3 is 2.00 bits per heavy atom. The van der Waals surface area contributed by atoms with Gasteiger partial charge in [-0.3, -0.25) is 4.79 Å². The van der Waals surface area contributed by atoms with E-state index >= 15 is 0 Å². The highest BCUT2D eigenvalue weighted by molar-refractivity contribution is 5.81. The highest BCUT2D eigenvalue weighted by Gasteiger charge is 2.70. The molecule has 0 bridgehead atoms. The lowest BCUT2D eigenvalue weighted by Crippen LogP contribution is -2.47. The van der Waals surface area contributed by atoms with Gasteiger partial charge in [-0.15, -0.1) is 0 Å². The molecule has 0 N–H and O–H groups in total. The summed E-state index contributed by atoms with van der Waals surface area (Å²) in [6, 6.07) is 0. The van der Waals surface area contributed by atoms with E-state index in [1.54, 1.807) is 0 Å². The average molecular weight is 303 g/mol. The van der Waals surface area contributed by atoms with Crippen LogP contribution in [0.4, 0.5) is 26.3 Å². The van der Waals surface area contributed by atoms with E-state index in [1.165, 1.54) is 0 Å². The van der Waals surface area contributed by atoms with Crippen LogP contribution in [-0.4, -0.2) is 42.2 Å². The number of halogens is 6. The zero-order valence-corrected chi connectivity index (χ0v) is 10.8. The molecule has 20 heavy (non-hydrogen) atoms. The molecular weight excluding hydrogens is 288 g/mol. The van der Waals surface area contributed by atoms with E-state index in [0.29, 0.717) is 6.92 Å². The minimum absolute atomic E-state index is 0.0128. The van der Waals surface area contributed by atoms with Gasteiger partial charge in [0.05, 0.1) is 5.92 Å². The van der Waals surface area contributed by atoms with Crippen molar-refractivity contribution in [3.05, 3.63) is 0 Å². The Morgan fingerprint density at radius 2 is 1.65 bits per heavy atom. The number of hydrogen-bond acceptors (Lipinski definition) is 1. The number of alkyl halides is 6. The van der Waals surface area contributed by atoms with Crippen LogP contribution >= 0.6 is 0 Å². The Hall–Kier alpha value is -0.950. The van der Waals surface area contributed by atoms with Gasteiger partial charge in [0.15, 0.2) is 6.17 Å². The van der Waals surface area contributed by atoms with Crippen LogP contribution in [0.15, 0.2) is 0 Å². The molecule has 2 nitrogen and oxygen atoms in total. The van der Waals surface area contributed by atoms with Crippen molar-refractivity contribution in [2.45, 2.75) is 44.5 Å². The molecule has 1 amide bonds. The maximum absolute atomic E-state index is 13.6. The lowest BCUT2D eigenvalue weighted by atomic mass is 9.92. The average Bonchev–Trinajstić information content (AvgIpc) is 2.87. The van der Waals surface area contributed by atoms with E-state index < -0.39 is 35.5 Å². The Morgan fingerprint density at radius 1 is 1.20 bits per heavy atom. The van der Waals surface area contributed by atoms with Gasteiger partial charge in [0.25, 0.3) is 11.8 Å². The third-order valence-electron chi connectivity index (χ3n) is 4.43. The molecule has 1 aliphatic heterocycles. The minimum atomic E-state index is -4.80. The van der Waals surface area contributed by atoms with Gasteiger partial charge in [0.2, 0.25) is 0 Å². The summed E-state index contributed by atoms with van der Waals surface area (Å²) in [6.45, 7) is 0.377. The summed E-state index contributed by atoms with van der Waals surface area (Å²) in [6.07, 6.45) is -7.70. The Kier molecular flexibility index (Phi) is 3.49. The summed E-state index contributed by atoms with van der Waals surface area (Å²) in [5.41, 5.74) is -1.12. The van der Waals surface area contributed by atoms with Crippen molar-refractivity contribution in [3.8, 4) is 0 Å². The second-order valence-electron chi connectivity index (χ2n) is 5.72. The minimum Gasteiger partial charge on any atom is -0.340 e. The van der Waals surface area contributed by atoms with Crippen molar-refractivity contribution < 1.29 is 31.1 Å². The SMILES string of the molecule is CC(C(F)C(=O)N1CCC2(CC1)CC2(F)F)C(F)(F)F. The fourth-order valence-corrected chi connectivity index (χ4v) is 2.63. The lowest BCUT2D eigenvalue weighted by Gasteiger charge is -2.34. The van der Waals surface area contributed by atoms with E-state index in [2.05, 4.69) is 0 Å². The van der Waals surface area contributed by atoms with Crippen molar-refractivity contribution >= 4 is 5.91 Å². The first-order valence-electron chi connectivity index (χ1n) is 6.38. The summed E-state index contributed by atoms with van der Waals surface area (Å²) in [4.78, 5) is 12.6. The molecule has 2 unspecified atom stereocenters. The zero-order valence-electron chi connectivity index (χ0n) is 10.8. The maximum atomic E-state index is 13.6. The summed E-state index contributed by atoms with van der Waals surface area (Å²) in [5, 5.41) is 0. The van der Waals surface area contributed by atoms with Gasteiger partial charge >= 0.3 is 6.18 Å².